The maximum atomic E-state index is 12.4. The van der Waals surface area contributed by atoms with Gasteiger partial charge in [0.2, 0.25) is 9.84 Å². The molecule has 21 heavy (non-hydrogen) atoms. The number of nitrogens with one attached hydrogen (secondary N) is 1. The van der Waals surface area contributed by atoms with Gasteiger partial charge in [0.1, 0.15) is 0 Å². The maximum absolute atomic E-state index is 12.4. The van der Waals surface area contributed by atoms with Crippen molar-refractivity contribution in [3.8, 4) is 0 Å². The lowest BCUT2D eigenvalue weighted by Gasteiger charge is -2.34. The van der Waals surface area contributed by atoms with Crippen molar-refractivity contribution >= 4 is 15.7 Å². The van der Waals surface area contributed by atoms with Gasteiger partial charge in [-0.1, -0.05) is 0 Å². The fourth-order valence-corrected chi connectivity index (χ4v) is 2.92. The highest BCUT2D eigenvalue weighted by Gasteiger charge is 2.28. The number of nitrogens with zero attached hydrogens (tertiary/aromatic N) is 1. The number of rotatable bonds is 3. The van der Waals surface area contributed by atoms with E-state index in [-0.39, 0.29) is 17.5 Å². The van der Waals surface area contributed by atoms with Gasteiger partial charge < -0.3 is 10.2 Å². The number of halogens is 2. The smallest absolute Gasteiger partial charge is 0.333 e. The summed E-state index contributed by atoms with van der Waals surface area (Å²) in [6, 6.07) is 4.65. The van der Waals surface area contributed by atoms with Crippen LogP contribution in [0, 0.1) is 0 Å². The van der Waals surface area contributed by atoms with E-state index in [4.69, 9.17) is 0 Å². The lowest BCUT2D eigenvalue weighted by atomic mass is 10.1. The molecule has 0 aromatic heterocycles. The first-order valence-corrected chi connectivity index (χ1v) is 8.02. The molecule has 0 saturated carbocycles. The van der Waals surface area contributed by atoms with E-state index in [1.165, 1.54) is 12.1 Å². The van der Waals surface area contributed by atoms with Crippen molar-refractivity contribution in [2.75, 3.05) is 19.6 Å². The van der Waals surface area contributed by atoms with E-state index >= 15 is 0 Å². The Kier molecular flexibility index (Phi) is 4.58. The fraction of sp³-hybridized carbons (Fsp3) is 0.462. The van der Waals surface area contributed by atoms with E-state index in [9.17, 15) is 22.0 Å². The minimum Gasteiger partial charge on any atom is -0.333 e. The summed E-state index contributed by atoms with van der Waals surface area (Å²) >= 11 is 0. The number of alkyl halides is 2. The minimum atomic E-state index is -4.62. The summed E-state index contributed by atoms with van der Waals surface area (Å²) in [4.78, 5) is 13.5. The largest absolute Gasteiger partial charge is 0.341 e. The number of piperazine rings is 1. The highest BCUT2D eigenvalue weighted by Crippen LogP contribution is 2.19. The Balaban J connectivity index is 2.21. The summed E-state index contributed by atoms with van der Waals surface area (Å²) in [5.41, 5.74) is 0.289. The number of carbonyl (C=O) groups excluding carboxylic acids is 1. The van der Waals surface area contributed by atoms with Crippen LogP contribution < -0.4 is 5.32 Å². The molecule has 1 aliphatic heterocycles. The second-order valence-electron chi connectivity index (χ2n) is 4.88. The quantitative estimate of drug-likeness (QED) is 0.907. The highest BCUT2D eigenvalue weighted by molar-refractivity contribution is 7.91. The molecule has 1 aliphatic rings. The molecule has 0 unspecified atom stereocenters. The molecule has 2 rings (SSSR count). The van der Waals surface area contributed by atoms with Crippen LogP contribution in [-0.4, -0.2) is 50.7 Å². The fourth-order valence-electron chi connectivity index (χ4n) is 2.20. The molecule has 0 aliphatic carbocycles. The van der Waals surface area contributed by atoms with Crippen LogP contribution in [0.4, 0.5) is 8.78 Å². The Labute approximate surface area is 121 Å². The monoisotopic (exact) mass is 318 g/mol. The molecule has 1 amide bonds. The third-order valence-electron chi connectivity index (χ3n) is 3.43. The molecule has 1 aromatic carbocycles. The van der Waals surface area contributed by atoms with Crippen LogP contribution in [0.1, 0.15) is 17.3 Å². The Morgan fingerprint density at radius 3 is 2.48 bits per heavy atom. The molecule has 116 valence electrons. The summed E-state index contributed by atoms with van der Waals surface area (Å²) in [6.07, 6.45) is 0. The average molecular weight is 318 g/mol. The van der Waals surface area contributed by atoms with E-state index in [0.29, 0.717) is 19.6 Å². The van der Waals surface area contributed by atoms with E-state index in [1.807, 2.05) is 6.92 Å². The van der Waals surface area contributed by atoms with E-state index in [0.717, 1.165) is 12.1 Å². The van der Waals surface area contributed by atoms with E-state index in [2.05, 4.69) is 5.32 Å². The topological polar surface area (TPSA) is 66.5 Å². The first kappa shape index (κ1) is 15.8. The zero-order valence-corrected chi connectivity index (χ0v) is 12.2. The van der Waals surface area contributed by atoms with E-state index < -0.39 is 20.5 Å². The summed E-state index contributed by atoms with van der Waals surface area (Å²) in [5.74, 6) is -3.70. The molecular formula is C13H16F2N2O3S. The molecule has 1 N–H and O–H groups in total. The SMILES string of the molecule is C[C@@H]1CNCCN1C(=O)c1ccc(S(=O)(=O)C(F)F)cc1. The number of hydrogen-bond acceptors (Lipinski definition) is 4. The summed E-state index contributed by atoms with van der Waals surface area (Å²) in [5, 5.41) is 3.16. The number of sulfone groups is 1. The third kappa shape index (κ3) is 3.21. The second kappa shape index (κ2) is 6.07. The van der Waals surface area contributed by atoms with Gasteiger partial charge in [-0.05, 0) is 31.2 Å². The van der Waals surface area contributed by atoms with Gasteiger partial charge >= 0.3 is 5.76 Å². The first-order valence-electron chi connectivity index (χ1n) is 6.48. The molecule has 0 spiro atoms. The Bertz CT molecular complexity index is 617. The summed E-state index contributed by atoms with van der Waals surface area (Å²) in [6.45, 7) is 3.83. The molecular weight excluding hydrogens is 302 g/mol. The van der Waals surface area contributed by atoms with Gasteiger partial charge in [-0.15, -0.1) is 0 Å². The van der Waals surface area contributed by atoms with Crippen LogP contribution in [0.5, 0.6) is 0 Å². The first-order chi connectivity index (χ1) is 9.84. The molecule has 1 atom stereocenters. The molecule has 8 heteroatoms. The van der Waals surface area contributed by atoms with Gasteiger partial charge in [0.15, 0.2) is 0 Å². The van der Waals surface area contributed by atoms with Crippen molar-refractivity contribution in [2.45, 2.75) is 23.6 Å². The lowest BCUT2D eigenvalue weighted by molar-refractivity contribution is 0.0655. The van der Waals surface area contributed by atoms with Gasteiger partial charge in [0.05, 0.1) is 4.90 Å². The Morgan fingerprint density at radius 1 is 1.33 bits per heavy atom. The average Bonchev–Trinajstić information content (AvgIpc) is 2.47. The third-order valence-corrected chi connectivity index (χ3v) is 4.82. The zero-order chi connectivity index (χ0) is 15.6. The van der Waals surface area contributed by atoms with Crippen molar-refractivity contribution < 1.29 is 22.0 Å². The minimum absolute atomic E-state index is 0.0238. The van der Waals surface area contributed by atoms with Crippen molar-refractivity contribution in [1.29, 1.82) is 0 Å². The highest BCUT2D eigenvalue weighted by atomic mass is 32.2. The van der Waals surface area contributed by atoms with Gasteiger partial charge in [0, 0.05) is 31.2 Å². The van der Waals surface area contributed by atoms with Gasteiger partial charge in [-0.3, -0.25) is 4.79 Å². The molecule has 5 nitrogen and oxygen atoms in total. The molecule has 1 heterocycles. The van der Waals surface area contributed by atoms with Crippen molar-refractivity contribution in [3.05, 3.63) is 29.8 Å². The van der Waals surface area contributed by atoms with Crippen molar-refractivity contribution in [2.24, 2.45) is 0 Å². The normalized spacial score (nSPS) is 19.8. The van der Waals surface area contributed by atoms with Crippen LogP contribution in [0.15, 0.2) is 29.2 Å². The Hall–Kier alpha value is -1.54. The van der Waals surface area contributed by atoms with Crippen LogP contribution >= 0.6 is 0 Å². The van der Waals surface area contributed by atoms with Crippen LogP contribution in [0.25, 0.3) is 0 Å². The van der Waals surface area contributed by atoms with Gasteiger partial charge in [0.25, 0.3) is 5.91 Å². The summed E-state index contributed by atoms with van der Waals surface area (Å²) in [7, 11) is -4.62. The van der Waals surface area contributed by atoms with Crippen molar-refractivity contribution in [1.82, 2.24) is 10.2 Å². The maximum Gasteiger partial charge on any atom is 0.341 e. The van der Waals surface area contributed by atoms with Crippen LogP contribution in [0.3, 0.4) is 0 Å². The van der Waals surface area contributed by atoms with E-state index in [1.54, 1.807) is 4.90 Å². The van der Waals surface area contributed by atoms with Crippen LogP contribution in [0.2, 0.25) is 0 Å². The number of amides is 1. The van der Waals surface area contributed by atoms with Crippen LogP contribution in [-0.2, 0) is 9.84 Å². The predicted octanol–water partition coefficient (Wildman–Crippen LogP) is 1.12. The predicted molar refractivity (Wildman–Crippen MR) is 73.0 cm³/mol. The molecule has 1 fully saturated rings. The summed E-state index contributed by atoms with van der Waals surface area (Å²) < 4.78 is 47.5. The number of benzene rings is 1. The lowest BCUT2D eigenvalue weighted by Crippen LogP contribution is -2.52. The van der Waals surface area contributed by atoms with Crippen molar-refractivity contribution in [3.63, 3.8) is 0 Å². The molecule has 0 bridgehead atoms. The van der Waals surface area contributed by atoms with Gasteiger partial charge in [-0.2, -0.15) is 8.78 Å². The number of carbonyl (C=O) groups is 1. The number of hydrogen-bond donors (Lipinski definition) is 1. The zero-order valence-electron chi connectivity index (χ0n) is 11.4. The van der Waals surface area contributed by atoms with Gasteiger partial charge in [-0.25, -0.2) is 8.42 Å². The standard InChI is InChI=1S/C13H16F2N2O3S/c1-9-8-16-6-7-17(9)12(18)10-2-4-11(5-3-10)21(19,20)13(14)15/h2-5,9,13,16H,6-8H2,1H3/t9-/m1/s1. The Morgan fingerprint density at radius 2 is 1.95 bits per heavy atom. The second-order valence-corrected chi connectivity index (χ2v) is 6.80. The molecule has 1 aromatic rings. The molecule has 1 saturated heterocycles. The molecule has 0 radical (unpaired) electrons.